The quantitative estimate of drug-likeness (QED) is 0.776. The van der Waals surface area contributed by atoms with Gasteiger partial charge in [-0.2, -0.15) is 0 Å². The molecule has 1 N–H and O–H groups in total. The molecule has 0 saturated carbocycles. The number of carbonyl (C=O) groups excluding carboxylic acids is 1. The van der Waals surface area contributed by atoms with Gasteiger partial charge in [-0.25, -0.2) is 0 Å². The van der Waals surface area contributed by atoms with Crippen LogP contribution in [-0.2, 0) is 11.2 Å². The number of nitrogens with one attached hydrogen (secondary N) is 1. The highest BCUT2D eigenvalue weighted by Gasteiger charge is 2.17. The smallest absolute Gasteiger partial charge is 0.220 e. The molecule has 0 bridgehead atoms. The average Bonchev–Trinajstić information content (AvgIpc) is 2.35. The third kappa shape index (κ3) is 5.73. The summed E-state index contributed by atoms with van der Waals surface area (Å²) in [5.74, 6) is 0.637. The Bertz CT molecular complexity index is 348. The van der Waals surface area contributed by atoms with Gasteiger partial charge in [-0.05, 0) is 17.4 Å². The van der Waals surface area contributed by atoms with Crippen LogP contribution in [0.2, 0.25) is 0 Å². The standard InChI is InChI=1S/C14H20ClNO/c1-14(2,10-15)11-16-13(17)9-8-12-6-4-3-5-7-12/h3-7H,8-11H2,1-2H3,(H,16,17). The molecule has 0 aliphatic carbocycles. The van der Waals surface area contributed by atoms with Crippen LogP contribution in [0.1, 0.15) is 25.8 Å². The van der Waals surface area contributed by atoms with Crippen molar-refractivity contribution in [2.75, 3.05) is 12.4 Å². The van der Waals surface area contributed by atoms with Gasteiger partial charge in [-0.3, -0.25) is 4.79 Å². The molecule has 1 aromatic carbocycles. The number of alkyl halides is 1. The Labute approximate surface area is 108 Å². The normalized spacial score (nSPS) is 11.2. The topological polar surface area (TPSA) is 29.1 Å². The van der Waals surface area contributed by atoms with Crippen molar-refractivity contribution in [2.24, 2.45) is 5.41 Å². The van der Waals surface area contributed by atoms with Crippen LogP contribution in [0.15, 0.2) is 30.3 Å². The molecule has 0 spiro atoms. The average molecular weight is 254 g/mol. The summed E-state index contributed by atoms with van der Waals surface area (Å²) < 4.78 is 0. The Balaban J connectivity index is 2.27. The maximum Gasteiger partial charge on any atom is 0.220 e. The van der Waals surface area contributed by atoms with Crippen LogP contribution in [0.5, 0.6) is 0 Å². The third-order valence-corrected chi connectivity index (χ3v) is 3.33. The van der Waals surface area contributed by atoms with E-state index in [2.05, 4.69) is 5.32 Å². The first-order chi connectivity index (χ1) is 8.03. The zero-order valence-corrected chi connectivity index (χ0v) is 11.3. The number of hydrogen-bond donors (Lipinski definition) is 1. The summed E-state index contributed by atoms with van der Waals surface area (Å²) in [5, 5.41) is 2.92. The molecule has 0 radical (unpaired) electrons. The third-order valence-electron chi connectivity index (χ3n) is 2.61. The Morgan fingerprint density at radius 1 is 1.29 bits per heavy atom. The number of hydrogen-bond acceptors (Lipinski definition) is 1. The lowest BCUT2D eigenvalue weighted by Crippen LogP contribution is -2.35. The Morgan fingerprint density at radius 3 is 2.53 bits per heavy atom. The van der Waals surface area contributed by atoms with Crippen LogP contribution in [0.3, 0.4) is 0 Å². The van der Waals surface area contributed by atoms with Crippen molar-refractivity contribution in [3.63, 3.8) is 0 Å². The van der Waals surface area contributed by atoms with Crippen molar-refractivity contribution >= 4 is 17.5 Å². The molecular weight excluding hydrogens is 234 g/mol. The largest absolute Gasteiger partial charge is 0.356 e. The lowest BCUT2D eigenvalue weighted by Gasteiger charge is -2.21. The predicted octanol–water partition coefficient (Wildman–Crippen LogP) is 3.00. The molecule has 0 atom stereocenters. The van der Waals surface area contributed by atoms with Gasteiger partial charge in [0.25, 0.3) is 0 Å². The number of amides is 1. The van der Waals surface area contributed by atoms with E-state index in [9.17, 15) is 4.79 Å². The molecule has 3 heteroatoms. The summed E-state index contributed by atoms with van der Waals surface area (Å²) in [6.45, 7) is 4.71. The summed E-state index contributed by atoms with van der Waals surface area (Å²) in [5.41, 5.74) is 1.16. The zero-order valence-electron chi connectivity index (χ0n) is 10.5. The Kier molecular flexibility index (Phi) is 5.49. The van der Waals surface area contributed by atoms with Crippen molar-refractivity contribution in [3.8, 4) is 0 Å². The maximum atomic E-state index is 11.6. The van der Waals surface area contributed by atoms with E-state index in [0.717, 1.165) is 6.42 Å². The molecule has 0 heterocycles. The van der Waals surface area contributed by atoms with Gasteiger partial charge in [0.1, 0.15) is 0 Å². The van der Waals surface area contributed by atoms with E-state index < -0.39 is 0 Å². The summed E-state index contributed by atoms with van der Waals surface area (Å²) >= 11 is 5.80. The van der Waals surface area contributed by atoms with Gasteiger partial charge in [0.15, 0.2) is 0 Å². The van der Waals surface area contributed by atoms with E-state index >= 15 is 0 Å². The molecule has 0 unspecified atom stereocenters. The van der Waals surface area contributed by atoms with E-state index in [1.54, 1.807) is 0 Å². The number of aryl methyl sites for hydroxylation is 1. The SMILES string of the molecule is CC(C)(CCl)CNC(=O)CCc1ccccc1. The molecule has 17 heavy (non-hydrogen) atoms. The summed E-state index contributed by atoms with van der Waals surface area (Å²) in [7, 11) is 0. The second-order valence-corrected chi connectivity index (χ2v) is 5.33. The second-order valence-electron chi connectivity index (χ2n) is 5.06. The maximum absolute atomic E-state index is 11.6. The molecule has 0 aromatic heterocycles. The number of halogens is 1. The van der Waals surface area contributed by atoms with Crippen molar-refractivity contribution in [2.45, 2.75) is 26.7 Å². The highest BCUT2D eigenvalue weighted by Crippen LogP contribution is 2.15. The summed E-state index contributed by atoms with van der Waals surface area (Å²) in [6, 6.07) is 10.0. The van der Waals surface area contributed by atoms with Crippen molar-refractivity contribution < 1.29 is 4.79 Å². The molecule has 1 amide bonds. The minimum absolute atomic E-state index is 0.0377. The molecule has 1 rings (SSSR count). The van der Waals surface area contributed by atoms with Gasteiger partial charge < -0.3 is 5.32 Å². The van der Waals surface area contributed by atoms with Crippen LogP contribution in [-0.4, -0.2) is 18.3 Å². The van der Waals surface area contributed by atoms with Crippen LogP contribution in [0.25, 0.3) is 0 Å². The minimum Gasteiger partial charge on any atom is -0.356 e. The second kappa shape index (κ2) is 6.65. The molecule has 94 valence electrons. The van der Waals surface area contributed by atoms with Gasteiger partial charge >= 0.3 is 0 Å². The van der Waals surface area contributed by atoms with Gasteiger partial charge in [0.2, 0.25) is 5.91 Å². The Morgan fingerprint density at radius 2 is 1.94 bits per heavy atom. The highest BCUT2D eigenvalue weighted by atomic mass is 35.5. The van der Waals surface area contributed by atoms with Crippen molar-refractivity contribution in [3.05, 3.63) is 35.9 Å². The first-order valence-corrected chi connectivity index (χ1v) is 6.43. The van der Waals surface area contributed by atoms with Gasteiger partial charge in [0.05, 0.1) is 0 Å². The lowest BCUT2D eigenvalue weighted by molar-refractivity contribution is -0.121. The van der Waals surface area contributed by atoms with Crippen LogP contribution in [0, 0.1) is 5.41 Å². The lowest BCUT2D eigenvalue weighted by atomic mass is 9.96. The first kappa shape index (κ1) is 14.0. The van der Waals surface area contributed by atoms with Gasteiger partial charge in [-0.15, -0.1) is 11.6 Å². The number of rotatable bonds is 6. The monoisotopic (exact) mass is 253 g/mol. The van der Waals surface area contributed by atoms with Crippen molar-refractivity contribution in [1.29, 1.82) is 0 Å². The van der Waals surface area contributed by atoms with Crippen LogP contribution >= 0.6 is 11.6 Å². The summed E-state index contributed by atoms with van der Waals surface area (Å²) in [4.78, 5) is 11.6. The zero-order chi connectivity index (χ0) is 12.7. The predicted molar refractivity (Wildman–Crippen MR) is 72.3 cm³/mol. The minimum atomic E-state index is -0.0377. The molecule has 0 fully saturated rings. The van der Waals surface area contributed by atoms with Crippen LogP contribution in [0.4, 0.5) is 0 Å². The van der Waals surface area contributed by atoms with E-state index in [4.69, 9.17) is 11.6 Å². The fraction of sp³-hybridized carbons (Fsp3) is 0.500. The van der Waals surface area contributed by atoms with E-state index in [-0.39, 0.29) is 11.3 Å². The number of benzene rings is 1. The molecular formula is C14H20ClNO. The van der Waals surface area contributed by atoms with Gasteiger partial charge in [0, 0.05) is 18.8 Å². The molecule has 1 aromatic rings. The molecule has 0 aliphatic heterocycles. The molecule has 0 aliphatic rings. The molecule has 2 nitrogen and oxygen atoms in total. The van der Waals surface area contributed by atoms with E-state index in [1.807, 2.05) is 44.2 Å². The number of carbonyl (C=O) groups is 1. The van der Waals surface area contributed by atoms with E-state index in [1.165, 1.54) is 5.56 Å². The fourth-order valence-corrected chi connectivity index (χ4v) is 1.47. The first-order valence-electron chi connectivity index (χ1n) is 5.90. The Hall–Kier alpha value is -1.02. The van der Waals surface area contributed by atoms with Crippen molar-refractivity contribution in [1.82, 2.24) is 5.32 Å². The highest BCUT2D eigenvalue weighted by molar-refractivity contribution is 6.18. The fourth-order valence-electron chi connectivity index (χ4n) is 1.38. The summed E-state index contributed by atoms with van der Waals surface area (Å²) in [6.07, 6.45) is 1.32. The van der Waals surface area contributed by atoms with E-state index in [0.29, 0.717) is 18.8 Å². The van der Waals surface area contributed by atoms with Crippen LogP contribution < -0.4 is 5.32 Å². The van der Waals surface area contributed by atoms with Gasteiger partial charge in [-0.1, -0.05) is 44.2 Å². The molecule has 0 saturated heterocycles.